The summed E-state index contributed by atoms with van der Waals surface area (Å²) in [4.78, 5) is 38.3. The SMILES string of the molecule is COc1ccc(NC(=O)C[C@H]2NC(=O)N(CCc3ccc(OC)c(OC)c3)C2=O)cc1. The van der Waals surface area contributed by atoms with Crippen molar-refractivity contribution in [1.29, 1.82) is 0 Å². The minimum Gasteiger partial charge on any atom is -0.497 e. The van der Waals surface area contributed by atoms with E-state index >= 15 is 0 Å². The molecule has 9 heteroatoms. The van der Waals surface area contributed by atoms with Crippen LogP contribution in [0.1, 0.15) is 12.0 Å². The van der Waals surface area contributed by atoms with Crippen LogP contribution >= 0.6 is 0 Å². The van der Waals surface area contributed by atoms with Gasteiger partial charge in [0.05, 0.1) is 27.8 Å². The topological polar surface area (TPSA) is 106 Å². The van der Waals surface area contributed by atoms with Gasteiger partial charge in [-0.05, 0) is 48.4 Å². The van der Waals surface area contributed by atoms with E-state index in [0.717, 1.165) is 10.5 Å². The molecule has 2 N–H and O–H groups in total. The van der Waals surface area contributed by atoms with E-state index in [4.69, 9.17) is 14.2 Å². The summed E-state index contributed by atoms with van der Waals surface area (Å²) in [7, 11) is 4.65. The van der Waals surface area contributed by atoms with Crippen molar-refractivity contribution in [2.24, 2.45) is 0 Å². The Balaban J connectivity index is 1.55. The van der Waals surface area contributed by atoms with Crippen LogP contribution in [-0.2, 0) is 16.0 Å². The number of amides is 4. The average Bonchev–Trinajstić information content (AvgIpc) is 3.04. The molecule has 0 radical (unpaired) electrons. The molecule has 1 fully saturated rings. The number of hydrogen-bond acceptors (Lipinski definition) is 6. The molecule has 9 nitrogen and oxygen atoms in total. The molecule has 1 atom stereocenters. The van der Waals surface area contributed by atoms with Crippen LogP contribution in [0.15, 0.2) is 42.5 Å². The van der Waals surface area contributed by atoms with E-state index in [0.29, 0.717) is 29.4 Å². The van der Waals surface area contributed by atoms with Gasteiger partial charge in [-0.25, -0.2) is 4.79 Å². The van der Waals surface area contributed by atoms with Gasteiger partial charge in [0.2, 0.25) is 5.91 Å². The molecule has 31 heavy (non-hydrogen) atoms. The van der Waals surface area contributed by atoms with E-state index in [-0.39, 0.29) is 18.9 Å². The van der Waals surface area contributed by atoms with Gasteiger partial charge in [-0.3, -0.25) is 14.5 Å². The Labute approximate surface area is 180 Å². The number of methoxy groups -OCH3 is 3. The Hall–Kier alpha value is -3.75. The van der Waals surface area contributed by atoms with E-state index in [1.807, 2.05) is 6.07 Å². The van der Waals surface area contributed by atoms with Gasteiger partial charge in [0.1, 0.15) is 11.8 Å². The molecule has 0 unspecified atom stereocenters. The summed E-state index contributed by atoms with van der Waals surface area (Å²) in [5.41, 5.74) is 1.46. The number of anilines is 1. The van der Waals surface area contributed by atoms with Crippen molar-refractivity contribution in [1.82, 2.24) is 10.2 Å². The number of urea groups is 1. The number of rotatable bonds is 9. The first-order valence-electron chi connectivity index (χ1n) is 9.72. The number of carbonyl (C=O) groups excluding carboxylic acids is 3. The third kappa shape index (κ3) is 5.25. The largest absolute Gasteiger partial charge is 0.497 e. The van der Waals surface area contributed by atoms with E-state index < -0.39 is 18.0 Å². The maximum Gasteiger partial charge on any atom is 0.324 e. The highest BCUT2D eigenvalue weighted by molar-refractivity contribution is 6.06. The number of nitrogens with one attached hydrogen (secondary N) is 2. The number of hydrogen-bond donors (Lipinski definition) is 2. The van der Waals surface area contributed by atoms with Gasteiger partial charge < -0.3 is 24.8 Å². The van der Waals surface area contributed by atoms with Crippen LogP contribution in [0.5, 0.6) is 17.2 Å². The Morgan fingerprint density at radius 3 is 2.35 bits per heavy atom. The second kappa shape index (κ2) is 9.84. The molecule has 0 aliphatic carbocycles. The van der Waals surface area contributed by atoms with Crippen molar-refractivity contribution in [3.05, 3.63) is 48.0 Å². The Morgan fingerprint density at radius 1 is 1.00 bits per heavy atom. The number of benzene rings is 2. The van der Waals surface area contributed by atoms with E-state index in [1.165, 1.54) is 0 Å². The molecule has 1 saturated heterocycles. The molecule has 4 amide bonds. The zero-order valence-electron chi connectivity index (χ0n) is 17.6. The third-order valence-electron chi connectivity index (χ3n) is 4.94. The maximum atomic E-state index is 12.6. The van der Waals surface area contributed by atoms with Crippen LogP contribution in [-0.4, -0.2) is 56.7 Å². The van der Waals surface area contributed by atoms with Gasteiger partial charge in [-0.2, -0.15) is 0 Å². The van der Waals surface area contributed by atoms with Crippen LogP contribution < -0.4 is 24.8 Å². The van der Waals surface area contributed by atoms with Crippen LogP contribution in [0.2, 0.25) is 0 Å². The molecule has 1 aliphatic heterocycles. The second-order valence-electron chi connectivity index (χ2n) is 6.91. The van der Waals surface area contributed by atoms with Gasteiger partial charge >= 0.3 is 6.03 Å². The summed E-state index contributed by atoms with van der Waals surface area (Å²) in [6.07, 6.45) is 0.299. The molecule has 2 aromatic rings. The minimum absolute atomic E-state index is 0.149. The van der Waals surface area contributed by atoms with E-state index in [2.05, 4.69) is 10.6 Å². The molecular formula is C22H25N3O6. The maximum absolute atomic E-state index is 12.6. The number of carbonyl (C=O) groups is 3. The van der Waals surface area contributed by atoms with Crippen LogP contribution in [0.25, 0.3) is 0 Å². The zero-order valence-corrected chi connectivity index (χ0v) is 17.6. The lowest BCUT2D eigenvalue weighted by atomic mass is 10.1. The lowest BCUT2D eigenvalue weighted by Gasteiger charge is -2.14. The van der Waals surface area contributed by atoms with E-state index in [9.17, 15) is 14.4 Å². The Morgan fingerprint density at radius 2 is 1.71 bits per heavy atom. The molecule has 3 rings (SSSR count). The first kappa shape index (κ1) is 21.9. The van der Waals surface area contributed by atoms with Gasteiger partial charge in [-0.1, -0.05) is 6.07 Å². The molecular weight excluding hydrogens is 402 g/mol. The van der Waals surface area contributed by atoms with Crippen molar-refractivity contribution in [2.75, 3.05) is 33.2 Å². The predicted octanol–water partition coefficient (Wildman–Crippen LogP) is 2.20. The summed E-state index contributed by atoms with van der Waals surface area (Å²) < 4.78 is 15.6. The van der Waals surface area contributed by atoms with Crippen LogP contribution in [0, 0.1) is 0 Å². The molecule has 2 aromatic carbocycles. The quantitative estimate of drug-likeness (QED) is 0.595. The predicted molar refractivity (Wildman–Crippen MR) is 114 cm³/mol. The lowest BCUT2D eigenvalue weighted by molar-refractivity contribution is -0.129. The lowest BCUT2D eigenvalue weighted by Crippen LogP contribution is -2.34. The fourth-order valence-corrected chi connectivity index (χ4v) is 3.28. The monoisotopic (exact) mass is 427 g/mol. The second-order valence-corrected chi connectivity index (χ2v) is 6.91. The highest BCUT2D eigenvalue weighted by atomic mass is 16.5. The fraction of sp³-hybridized carbons (Fsp3) is 0.318. The molecule has 1 aliphatic rings. The normalized spacial score (nSPS) is 15.5. The van der Waals surface area contributed by atoms with Crippen molar-refractivity contribution in [2.45, 2.75) is 18.9 Å². The van der Waals surface area contributed by atoms with Crippen LogP contribution in [0.4, 0.5) is 10.5 Å². The number of nitrogens with zero attached hydrogens (tertiary/aromatic N) is 1. The summed E-state index contributed by atoms with van der Waals surface area (Å²) in [6.45, 7) is 0.191. The van der Waals surface area contributed by atoms with Crippen molar-refractivity contribution in [3.8, 4) is 17.2 Å². The fourth-order valence-electron chi connectivity index (χ4n) is 3.28. The van der Waals surface area contributed by atoms with E-state index in [1.54, 1.807) is 57.7 Å². The highest BCUT2D eigenvalue weighted by Gasteiger charge is 2.38. The molecule has 0 aromatic heterocycles. The zero-order chi connectivity index (χ0) is 22.4. The van der Waals surface area contributed by atoms with Gasteiger partial charge in [-0.15, -0.1) is 0 Å². The van der Waals surface area contributed by atoms with Crippen LogP contribution in [0.3, 0.4) is 0 Å². The standard InChI is InChI=1S/C22H25N3O6/c1-29-16-7-5-15(6-8-16)23-20(26)13-17-21(27)25(22(28)24-17)11-10-14-4-9-18(30-2)19(12-14)31-3/h4-9,12,17H,10-11,13H2,1-3H3,(H,23,26)(H,24,28)/t17-/m1/s1. The number of imide groups is 1. The summed E-state index contributed by atoms with van der Waals surface area (Å²) >= 11 is 0. The third-order valence-corrected chi connectivity index (χ3v) is 4.94. The number of ether oxygens (including phenoxy) is 3. The Bertz CT molecular complexity index is 960. The summed E-state index contributed by atoms with van der Waals surface area (Å²) in [6, 6.07) is 10.8. The van der Waals surface area contributed by atoms with Crippen molar-refractivity contribution in [3.63, 3.8) is 0 Å². The molecule has 164 valence electrons. The van der Waals surface area contributed by atoms with Gasteiger partial charge in [0.15, 0.2) is 11.5 Å². The molecule has 0 spiro atoms. The summed E-state index contributed by atoms with van der Waals surface area (Å²) in [5, 5.41) is 5.29. The first-order chi connectivity index (χ1) is 14.9. The molecule has 0 bridgehead atoms. The smallest absolute Gasteiger partial charge is 0.324 e. The first-order valence-corrected chi connectivity index (χ1v) is 9.72. The van der Waals surface area contributed by atoms with Gasteiger partial charge in [0.25, 0.3) is 5.91 Å². The minimum atomic E-state index is -0.892. The Kier molecular flexibility index (Phi) is 6.96. The summed E-state index contributed by atoms with van der Waals surface area (Å²) in [5.74, 6) is 1.05. The van der Waals surface area contributed by atoms with Crippen molar-refractivity contribution < 1.29 is 28.6 Å². The molecule has 0 saturated carbocycles. The van der Waals surface area contributed by atoms with Crippen molar-refractivity contribution >= 4 is 23.5 Å². The molecule has 1 heterocycles. The van der Waals surface area contributed by atoms with Gasteiger partial charge in [0, 0.05) is 12.2 Å². The average molecular weight is 427 g/mol. The highest BCUT2D eigenvalue weighted by Crippen LogP contribution is 2.28.